The van der Waals surface area contributed by atoms with Crippen molar-refractivity contribution >= 4 is 39.5 Å². The molecule has 1 saturated carbocycles. The highest BCUT2D eigenvalue weighted by Crippen LogP contribution is 2.32. The Bertz CT molecular complexity index is 1220. The molecule has 0 radical (unpaired) electrons. The number of pyridine rings is 1. The van der Waals surface area contributed by atoms with Crippen LogP contribution in [-0.2, 0) is 13.0 Å². The fourth-order valence-electron chi connectivity index (χ4n) is 5.21. The van der Waals surface area contributed by atoms with E-state index in [1.807, 2.05) is 36.5 Å². The second-order valence-electron chi connectivity index (χ2n) is 9.72. The van der Waals surface area contributed by atoms with Gasteiger partial charge in [0.15, 0.2) is 5.13 Å². The summed E-state index contributed by atoms with van der Waals surface area (Å²) in [6.07, 6.45) is 7.75. The minimum absolute atomic E-state index is 0.199. The molecule has 1 N–H and O–H groups in total. The molecule has 3 aromatic rings. The van der Waals surface area contributed by atoms with Gasteiger partial charge in [-0.2, -0.15) is 0 Å². The van der Waals surface area contributed by atoms with Crippen molar-refractivity contribution in [2.45, 2.75) is 51.5 Å². The van der Waals surface area contributed by atoms with E-state index in [1.54, 1.807) is 6.20 Å². The lowest BCUT2D eigenvalue weighted by molar-refractivity contribution is 0.100. The molecule has 1 fully saturated rings. The summed E-state index contributed by atoms with van der Waals surface area (Å²) in [5.41, 5.74) is 2.45. The first-order valence-electron chi connectivity index (χ1n) is 12.7. The molecule has 1 aliphatic heterocycles. The second-order valence-corrected chi connectivity index (χ2v) is 10.8. The maximum Gasteiger partial charge on any atom is 0.277 e. The lowest BCUT2D eigenvalue weighted by Gasteiger charge is -2.30. The summed E-state index contributed by atoms with van der Waals surface area (Å²) < 4.78 is 24.9. The Labute approximate surface area is 213 Å². The number of carbonyl (C=O) groups is 1. The Kier molecular flexibility index (Phi) is 7.96. The average molecular weight is 512 g/mol. The number of nitrogens with one attached hydrogen (secondary N) is 1. The van der Waals surface area contributed by atoms with E-state index in [0.29, 0.717) is 22.5 Å². The number of hydrogen-bond donors (Lipinski definition) is 1. The van der Waals surface area contributed by atoms with E-state index in [9.17, 15) is 13.6 Å². The number of benzene rings is 1. The van der Waals surface area contributed by atoms with Crippen LogP contribution in [0.4, 0.5) is 13.9 Å². The Morgan fingerprint density at radius 3 is 2.92 bits per heavy atom. The summed E-state index contributed by atoms with van der Waals surface area (Å²) in [6.45, 7) is 2.49. The van der Waals surface area contributed by atoms with Gasteiger partial charge in [-0.25, -0.2) is 18.8 Å². The molecule has 2 aromatic heterocycles. The van der Waals surface area contributed by atoms with E-state index in [4.69, 9.17) is 0 Å². The first kappa shape index (κ1) is 24.9. The van der Waals surface area contributed by atoms with Crippen molar-refractivity contribution in [1.29, 1.82) is 0 Å². The van der Waals surface area contributed by atoms with Gasteiger partial charge in [0.05, 0.1) is 23.3 Å². The minimum atomic E-state index is -2.37. The largest absolute Gasteiger partial charge is 0.356 e. The van der Waals surface area contributed by atoms with Gasteiger partial charge in [0.1, 0.15) is 0 Å². The number of rotatable bonds is 8. The van der Waals surface area contributed by atoms with Gasteiger partial charge in [-0.05, 0) is 75.1 Å². The van der Waals surface area contributed by atoms with Crippen LogP contribution in [0.1, 0.15) is 53.0 Å². The summed E-state index contributed by atoms with van der Waals surface area (Å²) in [7, 11) is 0. The van der Waals surface area contributed by atoms with Crippen LogP contribution in [0.15, 0.2) is 41.5 Å². The molecule has 9 heteroatoms. The first-order valence-corrected chi connectivity index (χ1v) is 13.5. The molecule has 1 amide bonds. The van der Waals surface area contributed by atoms with E-state index in [0.717, 1.165) is 74.8 Å². The van der Waals surface area contributed by atoms with Crippen molar-refractivity contribution in [3.05, 3.63) is 52.7 Å². The lowest BCUT2D eigenvalue weighted by Crippen LogP contribution is -2.32. The number of alkyl halides is 2. The van der Waals surface area contributed by atoms with E-state index in [2.05, 4.69) is 25.2 Å². The zero-order valence-electron chi connectivity index (χ0n) is 20.2. The summed E-state index contributed by atoms with van der Waals surface area (Å²) >= 11 is 1.51. The standard InChI is InChI=1S/C27H31F2N5OS/c28-25(29)16-32-27-33-23-17-34(14-11-24(23)36-27)13-10-18-6-8-19(9-7-18)15-31-26(35)21-3-1-5-22-20(21)4-2-12-30-22/h1-5,12,15,18-19,25H,6-11,13-14,16-17H2,(H,32,33). The molecule has 36 heavy (non-hydrogen) atoms. The van der Waals surface area contributed by atoms with Crippen molar-refractivity contribution in [2.75, 3.05) is 25.0 Å². The van der Waals surface area contributed by atoms with Gasteiger partial charge >= 0.3 is 0 Å². The molecule has 0 bridgehead atoms. The highest BCUT2D eigenvalue weighted by Gasteiger charge is 2.24. The van der Waals surface area contributed by atoms with Crippen molar-refractivity contribution in [3.63, 3.8) is 0 Å². The van der Waals surface area contributed by atoms with Gasteiger partial charge in [-0.1, -0.05) is 12.1 Å². The molecule has 3 heterocycles. The maximum atomic E-state index is 12.7. The van der Waals surface area contributed by atoms with Crippen LogP contribution in [0.2, 0.25) is 0 Å². The number of carbonyl (C=O) groups excluding carboxylic acids is 1. The van der Waals surface area contributed by atoms with Crippen molar-refractivity contribution < 1.29 is 13.6 Å². The Hall–Kier alpha value is -2.78. The highest BCUT2D eigenvalue weighted by atomic mass is 32.1. The van der Waals surface area contributed by atoms with E-state index in [1.165, 1.54) is 16.2 Å². The molecular weight excluding hydrogens is 480 g/mol. The van der Waals surface area contributed by atoms with Gasteiger partial charge in [-0.15, -0.1) is 11.3 Å². The van der Waals surface area contributed by atoms with Crippen LogP contribution in [0, 0.1) is 11.8 Å². The third-order valence-electron chi connectivity index (χ3n) is 7.24. The Morgan fingerprint density at radius 1 is 1.22 bits per heavy atom. The maximum absolute atomic E-state index is 12.7. The molecular formula is C27H31F2N5OS. The van der Waals surface area contributed by atoms with Gasteiger partial charge in [-0.3, -0.25) is 14.7 Å². The first-order chi connectivity index (χ1) is 17.5. The van der Waals surface area contributed by atoms with Crippen molar-refractivity contribution in [1.82, 2.24) is 14.9 Å². The number of nitrogens with zero attached hydrogens (tertiary/aromatic N) is 4. The summed E-state index contributed by atoms with van der Waals surface area (Å²) in [5, 5.41) is 4.19. The SMILES string of the molecule is O=C(N=CC1CCC(CCN2CCc3sc(NCC(F)F)nc3C2)CC1)c1cccc2ncccc12. The fourth-order valence-corrected chi connectivity index (χ4v) is 6.17. The molecule has 2 aliphatic rings. The highest BCUT2D eigenvalue weighted by molar-refractivity contribution is 7.15. The zero-order chi connectivity index (χ0) is 24.9. The molecule has 0 unspecified atom stereocenters. The van der Waals surface area contributed by atoms with Crippen LogP contribution >= 0.6 is 11.3 Å². The lowest BCUT2D eigenvalue weighted by atomic mass is 9.81. The van der Waals surface area contributed by atoms with Crippen LogP contribution in [0.3, 0.4) is 0 Å². The molecule has 0 saturated heterocycles. The van der Waals surface area contributed by atoms with Gasteiger partial charge in [0.2, 0.25) is 0 Å². The molecule has 1 aromatic carbocycles. The number of anilines is 1. The van der Waals surface area contributed by atoms with Gasteiger partial charge < -0.3 is 5.32 Å². The summed E-state index contributed by atoms with van der Waals surface area (Å²) in [4.78, 5) is 29.5. The number of aromatic nitrogens is 2. The Morgan fingerprint density at radius 2 is 2.08 bits per heavy atom. The monoisotopic (exact) mass is 511 g/mol. The van der Waals surface area contributed by atoms with Crippen LogP contribution in [-0.4, -0.2) is 53.0 Å². The average Bonchev–Trinajstić information content (AvgIpc) is 3.32. The van der Waals surface area contributed by atoms with Crippen LogP contribution < -0.4 is 5.32 Å². The molecule has 1 aliphatic carbocycles. The summed E-state index contributed by atoms with van der Waals surface area (Å²) in [5.74, 6) is 0.842. The number of thiazole rings is 1. The smallest absolute Gasteiger partial charge is 0.277 e. The van der Waals surface area contributed by atoms with E-state index in [-0.39, 0.29) is 12.5 Å². The van der Waals surface area contributed by atoms with Gasteiger partial charge in [0.25, 0.3) is 12.3 Å². The molecule has 5 rings (SSSR count). The number of halogens is 2. The predicted molar refractivity (Wildman–Crippen MR) is 140 cm³/mol. The number of aliphatic imine (C=N–C) groups is 1. The van der Waals surface area contributed by atoms with Crippen molar-refractivity contribution in [3.8, 4) is 0 Å². The number of hydrogen-bond acceptors (Lipinski definition) is 6. The third kappa shape index (κ3) is 6.13. The normalized spacial score (nSPS) is 20.8. The second kappa shape index (κ2) is 11.5. The van der Waals surface area contributed by atoms with Crippen LogP contribution in [0.5, 0.6) is 0 Å². The molecule has 0 spiro atoms. The predicted octanol–water partition coefficient (Wildman–Crippen LogP) is 5.83. The fraction of sp³-hybridized carbons (Fsp3) is 0.481. The van der Waals surface area contributed by atoms with Crippen LogP contribution in [0.25, 0.3) is 10.9 Å². The molecule has 6 nitrogen and oxygen atoms in total. The zero-order valence-corrected chi connectivity index (χ0v) is 21.0. The number of amides is 1. The minimum Gasteiger partial charge on any atom is -0.356 e. The Balaban J connectivity index is 1.06. The van der Waals surface area contributed by atoms with E-state index >= 15 is 0 Å². The quantitative estimate of drug-likeness (QED) is 0.385. The van der Waals surface area contributed by atoms with E-state index < -0.39 is 6.43 Å². The van der Waals surface area contributed by atoms with Crippen molar-refractivity contribution in [2.24, 2.45) is 16.8 Å². The topological polar surface area (TPSA) is 70.5 Å². The summed E-state index contributed by atoms with van der Waals surface area (Å²) in [6, 6.07) is 9.33. The molecule has 0 atom stereocenters. The molecule has 190 valence electrons. The van der Waals surface area contributed by atoms with Gasteiger partial charge in [0, 0.05) is 35.8 Å². The number of fused-ring (bicyclic) bond motifs is 2. The third-order valence-corrected chi connectivity index (χ3v) is 8.35.